The number of unbranched alkanes of at least 4 members (excludes halogenated alkanes) is 1. The minimum absolute atomic E-state index is 0.472. The molecule has 0 bridgehead atoms. The fourth-order valence-electron chi connectivity index (χ4n) is 2.62. The zero-order valence-electron chi connectivity index (χ0n) is 16.7. The van der Waals surface area contributed by atoms with E-state index in [0.717, 1.165) is 17.8 Å². The second kappa shape index (κ2) is 10.7. The molecule has 0 aliphatic heterocycles. The van der Waals surface area contributed by atoms with Gasteiger partial charge in [-0.15, -0.1) is 0 Å². The highest BCUT2D eigenvalue weighted by molar-refractivity contribution is 7.80. The maximum absolute atomic E-state index is 5.29. The van der Waals surface area contributed by atoms with Crippen LogP contribution in [0.1, 0.15) is 50.7 Å². The summed E-state index contributed by atoms with van der Waals surface area (Å²) in [5, 5.41) is 7.82. The van der Waals surface area contributed by atoms with Gasteiger partial charge in [0.15, 0.2) is 5.11 Å². The molecule has 0 unspecified atom stereocenters. The topological polar surface area (TPSA) is 39.7 Å². The number of hydrogen-bond donors (Lipinski definition) is 2. The lowest BCUT2D eigenvalue weighted by molar-refractivity contribution is 0.767. The highest BCUT2D eigenvalue weighted by Crippen LogP contribution is 2.17. The predicted molar refractivity (Wildman–Crippen MR) is 122 cm³/mol. The van der Waals surface area contributed by atoms with Gasteiger partial charge in [-0.05, 0) is 59.9 Å². The van der Waals surface area contributed by atoms with Crippen molar-refractivity contribution in [3.8, 4) is 0 Å². The van der Waals surface area contributed by atoms with Crippen LogP contribution < -0.4 is 15.6 Å². The summed E-state index contributed by atoms with van der Waals surface area (Å²) in [7, 11) is 2.12. The monoisotopic (exact) mass is 382 g/mol. The van der Waals surface area contributed by atoms with Crippen LogP contribution in [0.15, 0.2) is 53.6 Å². The van der Waals surface area contributed by atoms with Crippen LogP contribution in [-0.4, -0.2) is 24.9 Å². The predicted octanol–water partition coefficient (Wildman–Crippen LogP) is 5.37. The van der Waals surface area contributed by atoms with Crippen molar-refractivity contribution in [2.75, 3.05) is 23.8 Å². The highest BCUT2D eigenvalue weighted by atomic mass is 32.1. The minimum atomic E-state index is 0.472. The average Bonchev–Trinajstić information content (AvgIpc) is 2.67. The molecule has 5 heteroatoms. The van der Waals surface area contributed by atoms with E-state index in [9.17, 15) is 0 Å². The van der Waals surface area contributed by atoms with Crippen molar-refractivity contribution in [3.63, 3.8) is 0 Å². The van der Waals surface area contributed by atoms with E-state index in [1.54, 1.807) is 6.21 Å². The molecule has 2 aromatic rings. The summed E-state index contributed by atoms with van der Waals surface area (Å²) in [6, 6.07) is 16.6. The van der Waals surface area contributed by atoms with E-state index in [4.69, 9.17) is 12.2 Å². The van der Waals surface area contributed by atoms with Crippen LogP contribution in [0.3, 0.4) is 0 Å². The second-order valence-electron chi connectivity index (χ2n) is 6.97. The smallest absolute Gasteiger partial charge is 0.191 e. The van der Waals surface area contributed by atoms with Gasteiger partial charge >= 0.3 is 0 Å². The van der Waals surface area contributed by atoms with Crippen molar-refractivity contribution in [3.05, 3.63) is 59.7 Å². The summed E-state index contributed by atoms with van der Waals surface area (Å²) in [5.74, 6) is 0.520. The second-order valence-corrected chi connectivity index (χ2v) is 7.38. The van der Waals surface area contributed by atoms with Crippen LogP contribution in [-0.2, 0) is 0 Å². The number of thiocarbonyl (C=S) groups is 1. The maximum atomic E-state index is 5.29. The molecule has 0 saturated heterocycles. The molecule has 0 heterocycles. The zero-order chi connectivity index (χ0) is 19.6. The van der Waals surface area contributed by atoms with E-state index in [1.165, 1.54) is 24.1 Å². The Hall–Kier alpha value is -2.40. The largest absolute Gasteiger partial charge is 0.375 e. The van der Waals surface area contributed by atoms with Crippen LogP contribution in [0.5, 0.6) is 0 Å². The lowest BCUT2D eigenvalue weighted by Crippen LogP contribution is -2.23. The Morgan fingerprint density at radius 3 is 2.37 bits per heavy atom. The summed E-state index contributed by atoms with van der Waals surface area (Å²) >= 11 is 5.29. The molecule has 2 rings (SSSR count). The molecular formula is C22H30N4S. The molecule has 0 atom stereocenters. The quantitative estimate of drug-likeness (QED) is 0.366. The molecule has 27 heavy (non-hydrogen) atoms. The normalized spacial score (nSPS) is 11.0. The minimum Gasteiger partial charge on any atom is -0.375 e. The zero-order valence-corrected chi connectivity index (χ0v) is 17.5. The molecule has 0 fully saturated rings. The Bertz CT molecular complexity index is 736. The number of rotatable bonds is 8. The molecule has 2 aromatic carbocycles. The van der Waals surface area contributed by atoms with Crippen LogP contribution in [0.25, 0.3) is 0 Å². The van der Waals surface area contributed by atoms with Gasteiger partial charge < -0.3 is 10.2 Å². The molecular weight excluding hydrogens is 352 g/mol. The lowest BCUT2D eigenvalue weighted by atomic mass is 10.0. The standard InChI is InChI=1S/C22H30N4S/c1-5-6-15-26(4)21-13-7-18(8-14-21)16-23-25-22(27)24-20-11-9-19(10-12-20)17(2)3/h7-14,16-17H,5-6,15H2,1-4H3,(H2,24,25,27)/b23-16-. The molecule has 0 radical (unpaired) electrons. The van der Waals surface area contributed by atoms with E-state index in [0.29, 0.717) is 11.0 Å². The number of hydrazone groups is 1. The van der Waals surface area contributed by atoms with E-state index in [2.05, 4.69) is 85.0 Å². The Kier molecular flexibility index (Phi) is 8.27. The average molecular weight is 383 g/mol. The molecule has 144 valence electrons. The van der Waals surface area contributed by atoms with Crippen LogP contribution >= 0.6 is 12.2 Å². The molecule has 0 amide bonds. The van der Waals surface area contributed by atoms with Crippen molar-refractivity contribution in [2.24, 2.45) is 5.10 Å². The summed E-state index contributed by atoms with van der Waals surface area (Å²) in [5.41, 5.74) is 7.36. The third-order valence-corrected chi connectivity index (χ3v) is 4.59. The van der Waals surface area contributed by atoms with Gasteiger partial charge in [0, 0.05) is 25.0 Å². The summed E-state index contributed by atoms with van der Waals surface area (Å²) in [4.78, 5) is 2.27. The van der Waals surface area contributed by atoms with Gasteiger partial charge in [-0.2, -0.15) is 5.10 Å². The van der Waals surface area contributed by atoms with Gasteiger partial charge in [0.2, 0.25) is 0 Å². The fraction of sp³-hybridized carbons (Fsp3) is 0.364. The third kappa shape index (κ3) is 7.02. The first-order valence-electron chi connectivity index (χ1n) is 9.50. The van der Waals surface area contributed by atoms with Crippen molar-refractivity contribution in [2.45, 2.75) is 39.5 Å². The Morgan fingerprint density at radius 1 is 1.11 bits per heavy atom. The molecule has 0 saturated carbocycles. The van der Waals surface area contributed by atoms with Crippen LogP contribution in [0.2, 0.25) is 0 Å². The number of benzene rings is 2. The van der Waals surface area contributed by atoms with Gasteiger partial charge in [0.05, 0.1) is 6.21 Å². The van der Waals surface area contributed by atoms with E-state index in [-0.39, 0.29) is 0 Å². The van der Waals surface area contributed by atoms with Crippen LogP contribution in [0, 0.1) is 0 Å². The van der Waals surface area contributed by atoms with Gasteiger partial charge in [0.1, 0.15) is 0 Å². The van der Waals surface area contributed by atoms with Crippen molar-refractivity contribution in [1.82, 2.24) is 5.43 Å². The van der Waals surface area contributed by atoms with Gasteiger partial charge in [0.25, 0.3) is 0 Å². The lowest BCUT2D eigenvalue weighted by Gasteiger charge is -2.18. The molecule has 2 N–H and O–H groups in total. The number of anilines is 2. The highest BCUT2D eigenvalue weighted by Gasteiger charge is 2.01. The SMILES string of the molecule is CCCCN(C)c1ccc(/C=N\NC(=S)Nc2ccc(C(C)C)cc2)cc1. The van der Waals surface area contributed by atoms with E-state index < -0.39 is 0 Å². The van der Waals surface area contributed by atoms with Gasteiger partial charge in [-0.25, -0.2) is 0 Å². The Morgan fingerprint density at radius 2 is 1.78 bits per heavy atom. The molecule has 0 spiro atoms. The molecule has 0 aliphatic rings. The van der Waals surface area contributed by atoms with E-state index in [1.807, 2.05) is 12.1 Å². The Labute approximate surface area is 168 Å². The summed E-state index contributed by atoms with van der Waals surface area (Å²) in [6.07, 6.45) is 4.18. The Balaban J connectivity index is 1.82. The molecule has 0 aromatic heterocycles. The maximum Gasteiger partial charge on any atom is 0.191 e. The summed E-state index contributed by atoms with van der Waals surface area (Å²) in [6.45, 7) is 7.64. The van der Waals surface area contributed by atoms with Crippen LogP contribution in [0.4, 0.5) is 11.4 Å². The van der Waals surface area contributed by atoms with Gasteiger partial charge in [-0.3, -0.25) is 5.43 Å². The first-order chi connectivity index (χ1) is 13.0. The fourth-order valence-corrected chi connectivity index (χ4v) is 2.79. The summed E-state index contributed by atoms with van der Waals surface area (Å²) < 4.78 is 0. The van der Waals surface area contributed by atoms with E-state index >= 15 is 0 Å². The first-order valence-corrected chi connectivity index (χ1v) is 9.91. The third-order valence-electron chi connectivity index (χ3n) is 4.40. The van der Waals surface area contributed by atoms with Gasteiger partial charge in [-0.1, -0.05) is 51.5 Å². The van der Waals surface area contributed by atoms with Crippen molar-refractivity contribution >= 4 is 34.9 Å². The number of hydrogen-bond acceptors (Lipinski definition) is 3. The number of nitrogens with one attached hydrogen (secondary N) is 2. The first kappa shape index (κ1) is 20.9. The van der Waals surface area contributed by atoms with Crippen molar-refractivity contribution in [1.29, 1.82) is 0 Å². The van der Waals surface area contributed by atoms with Crippen molar-refractivity contribution < 1.29 is 0 Å². The number of nitrogens with zero attached hydrogens (tertiary/aromatic N) is 2. The molecule has 0 aliphatic carbocycles. The molecule has 4 nitrogen and oxygen atoms in total.